The Morgan fingerprint density at radius 3 is 2.33 bits per heavy atom. The molecule has 0 radical (unpaired) electrons. The number of hydrogen-bond acceptors (Lipinski definition) is 4. The highest BCUT2D eigenvalue weighted by Gasteiger charge is 2.71. The molecular formula is C16H17F6NO3S. The van der Waals surface area contributed by atoms with Crippen LogP contribution in [0.2, 0.25) is 0 Å². The summed E-state index contributed by atoms with van der Waals surface area (Å²) in [6, 6.07) is 2.18. The molecule has 1 unspecified atom stereocenters. The Hall–Kier alpha value is -1.46. The molecule has 0 saturated heterocycles. The maximum Gasteiger partial charge on any atom is 0.430 e. The molecule has 0 spiro atoms. The van der Waals surface area contributed by atoms with Gasteiger partial charge in [-0.25, -0.2) is 0 Å². The van der Waals surface area contributed by atoms with Crippen molar-refractivity contribution < 1.29 is 41.0 Å². The number of amides is 1. The number of alkyl halides is 6. The average Bonchev–Trinajstić information content (AvgIpc) is 2.57. The van der Waals surface area contributed by atoms with Gasteiger partial charge in [0.15, 0.2) is 0 Å². The van der Waals surface area contributed by atoms with Crippen molar-refractivity contribution in [1.82, 2.24) is 0 Å². The van der Waals surface area contributed by atoms with Crippen LogP contribution in [0.1, 0.15) is 18.9 Å². The highest BCUT2D eigenvalue weighted by Crippen LogP contribution is 2.52. The lowest BCUT2D eigenvalue weighted by atomic mass is 9.92. The zero-order chi connectivity index (χ0) is 20.6. The molecule has 0 fully saturated rings. The predicted octanol–water partition coefficient (Wildman–Crippen LogP) is 3.86. The number of rotatable bonds is 4. The van der Waals surface area contributed by atoms with Gasteiger partial charge in [-0.3, -0.25) is 4.79 Å². The molecule has 0 aliphatic carbocycles. The number of carbonyl (C=O) groups is 1. The molecule has 152 valence electrons. The van der Waals surface area contributed by atoms with Crippen LogP contribution in [0.3, 0.4) is 0 Å². The summed E-state index contributed by atoms with van der Waals surface area (Å²) in [5.41, 5.74) is -6.16. The number of nitrogens with zero attached hydrogens (tertiary/aromatic N) is 1. The lowest BCUT2D eigenvalue weighted by Gasteiger charge is -2.36. The van der Waals surface area contributed by atoms with E-state index in [2.05, 4.69) is 0 Å². The zero-order valence-corrected chi connectivity index (χ0v) is 15.1. The largest absolute Gasteiger partial charge is 0.430 e. The topological polar surface area (TPSA) is 49.8 Å². The normalized spacial score (nSPS) is 18.4. The number of methoxy groups -OCH3 is 1. The maximum absolute atomic E-state index is 13.1. The van der Waals surface area contributed by atoms with Gasteiger partial charge in [-0.1, -0.05) is 13.0 Å². The van der Waals surface area contributed by atoms with Gasteiger partial charge in [-0.2, -0.15) is 26.3 Å². The minimum absolute atomic E-state index is 0.0574. The summed E-state index contributed by atoms with van der Waals surface area (Å²) >= 11 is 1.07. The lowest BCUT2D eigenvalue weighted by Crippen LogP contribution is -2.54. The maximum atomic E-state index is 13.1. The number of halogens is 6. The first-order chi connectivity index (χ1) is 12.4. The van der Waals surface area contributed by atoms with Crippen LogP contribution in [0.4, 0.5) is 32.0 Å². The van der Waals surface area contributed by atoms with E-state index in [1.54, 1.807) is 6.92 Å². The average molecular weight is 417 g/mol. The van der Waals surface area contributed by atoms with E-state index in [0.29, 0.717) is 18.6 Å². The van der Waals surface area contributed by atoms with E-state index in [9.17, 15) is 36.2 Å². The summed E-state index contributed by atoms with van der Waals surface area (Å²) in [5, 5.41) is 9.36. The van der Waals surface area contributed by atoms with Crippen LogP contribution >= 0.6 is 11.8 Å². The number of thioether (sulfide) groups is 1. The monoisotopic (exact) mass is 417 g/mol. The van der Waals surface area contributed by atoms with E-state index < -0.39 is 29.4 Å². The molecule has 27 heavy (non-hydrogen) atoms. The molecule has 1 aliphatic rings. The van der Waals surface area contributed by atoms with Crippen molar-refractivity contribution in [1.29, 1.82) is 0 Å². The molecule has 2 rings (SSSR count). The standard InChI is InChI=1S/C16H17F6NO3S/c1-3-10-7-23(13(24)8-26-2)11-5-4-9(6-12(11)27-10)14(25,15(17,18)19)16(20,21)22/h4-6,10,25H,3,7-8H2,1-2H3. The Kier molecular flexibility index (Phi) is 6.08. The third-order valence-electron chi connectivity index (χ3n) is 4.19. The molecule has 1 atom stereocenters. The van der Waals surface area contributed by atoms with E-state index >= 15 is 0 Å². The van der Waals surface area contributed by atoms with Gasteiger partial charge in [0.1, 0.15) is 6.61 Å². The van der Waals surface area contributed by atoms with Crippen LogP contribution in [-0.4, -0.2) is 48.9 Å². The summed E-state index contributed by atoms with van der Waals surface area (Å²) in [7, 11) is 1.30. The highest BCUT2D eigenvalue weighted by atomic mass is 32.2. The van der Waals surface area contributed by atoms with Gasteiger partial charge in [0, 0.05) is 29.4 Å². The molecule has 0 saturated carbocycles. The van der Waals surface area contributed by atoms with Crippen molar-refractivity contribution in [2.24, 2.45) is 0 Å². The van der Waals surface area contributed by atoms with Crippen molar-refractivity contribution >= 4 is 23.4 Å². The number of hydrogen-bond donors (Lipinski definition) is 1. The molecule has 1 amide bonds. The van der Waals surface area contributed by atoms with Gasteiger partial charge in [-0.05, 0) is 18.6 Å². The van der Waals surface area contributed by atoms with Crippen molar-refractivity contribution in [2.45, 2.75) is 41.4 Å². The fourth-order valence-corrected chi connectivity index (χ4v) is 3.96. The van der Waals surface area contributed by atoms with Gasteiger partial charge >= 0.3 is 12.4 Å². The SMILES string of the molecule is CCC1CN(C(=O)COC)c2ccc(C(O)(C(F)(F)F)C(F)(F)F)cc2S1. The van der Waals surface area contributed by atoms with Crippen LogP contribution in [0.5, 0.6) is 0 Å². The van der Waals surface area contributed by atoms with Crippen molar-refractivity contribution in [2.75, 3.05) is 25.2 Å². The third kappa shape index (κ3) is 3.90. The van der Waals surface area contributed by atoms with Crippen LogP contribution in [0, 0.1) is 0 Å². The fraction of sp³-hybridized carbons (Fsp3) is 0.562. The number of benzene rings is 1. The first-order valence-corrected chi connectivity index (χ1v) is 8.71. The summed E-state index contributed by atoms with van der Waals surface area (Å²) in [6.07, 6.45) is -11.4. The van der Waals surface area contributed by atoms with Crippen LogP contribution in [0.15, 0.2) is 23.1 Å². The first-order valence-electron chi connectivity index (χ1n) is 7.83. The van der Waals surface area contributed by atoms with Gasteiger partial charge in [-0.15, -0.1) is 11.8 Å². The van der Waals surface area contributed by atoms with E-state index in [0.717, 1.165) is 17.8 Å². The van der Waals surface area contributed by atoms with Crippen LogP contribution < -0.4 is 4.90 Å². The van der Waals surface area contributed by atoms with Crippen LogP contribution in [-0.2, 0) is 15.1 Å². The highest BCUT2D eigenvalue weighted by molar-refractivity contribution is 8.00. The molecule has 1 aromatic rings. The summed E-state index contributed by atoms with van der Waals surface area (Å²) in [4.78, 5) is 13.5. The minimum atomic E-state index is -5.96. The van der Waals surface area contributed by atoms with Crippen LogP contribution in [0.25, 0.3) is 0 Å². The number of ether oxygens (including phenoxy) is 1. The van der Waals surface area contributed by atoms with E-state index in [-0.39, 0.29) is 29.0 Å². The van der Waals surface area contributed by atoms with E-state index in [1.165, 1.54) is 12.0 Å². The van der Waals surface area contributed by atoms with Crippen molar-refractivity contribution in [3.8, 4) is 0 Å². The summed E-state index contributed by atoms with van der Waals surface area (Å²) in [5.74, 6) is -0.466. The Balaban J connectivity index is 2.58. The molecule has 1 aliphatic heterocycles. The fourth-order valence-electron chi connectivity index (χ4n) is 2.71. The second-order valence-corrected chi connectivity index (χ2v) is 7.32. The Morgan fingerprint density at radius 1 is 1.26 bits per heavy atom. The van der Waals surface area contributed by atoms with Gasteiger partial charge in [0.05, 0.1) is 5.69 Å². The molecule has 1 N–H and O–H groups in total. The molecule has 1 heterocycles. The molecule has 1 aromatic carbocycles. The summed E-state index contributed by atoms with van der Waals surface area (Å²) < 4.78 is 83.4. The lowest BCUT2D eigenvalue weighted by molar-refractivity contribution is -0.376. The molecule has 4 nitrogen and oxygen atoms in total. The third-order valence-corrected chi connectivity index (χ3v) is 5.59. The van der Waals surface area contributed by atoms with E-state index in [4.69, 9.17) is 4.74 Å². The number of anilines is 1. The molecule has 11 heteroatoms. The molecule has 0 aromatic heterocycles. The van der Waals surface area contributed by atoms with E-state index in [1.807, 2.05) is 0 Å². The Morgan fingerprint density at radius 2 is 1.85 bits per heavy atom. The van der Waals surface area contributed by atoms with Gasteiger partial charge < -0.3 is 14.7 Å². The second kappa shape index (κ2) is 7.51. The predicted molar refractivity (Wildman–Crippen MR) is 86.6 cm³/mol. The molecular weight excluding hydrogens is 400 g/mol. The van der Waals surface area contributed by atoms with Crippen molar-refractivity contribution in [3.05, 3.63) is 23.8 Å². The quantitative estimate of drug-likeness (QED) is 0.756. The first kappa shape index (κ1) is 21.8. The Labute approximate surface area is 155 Å². The molecule has 0 bridgehead atoms. The zero-order valence-electron chi connectivity index (χ0n) is 14.3. The second-order valence-electron chi connectivity index (χ2n) is 5.97. The smallest absolute Gasteiger partial charge is 0.375 e. The number of aliphatic hydroxyl groups is 1. The number of carbonyl (C=O) groups excluding carboxylic acids is 1. The van der Waals surface area contributed by atoms with Gasteiger partial charge in [0.2, 0.25) is 0 Å². The minimum Gasteiger partial charge on any atom is -0.375 e. The van der Waals surface area contributed by atoms with Gasteiger partial charge in [0.25, 0.3) is 11.5 Å². The number of fused-ring (bicyclic) bond motifs is 1. The summed E-state index contributed by atoms with van der Waals surface area (Å²) in [6.45, 7) is 1.75. The Bertz CT molecular complexity index is 692. The van der Waals surface area contributed by atoms with Crippen molar-refractivity contribution in [3.63, 3.8) is 0 Å².